The van der Waals surface area contributed by atoms with Gasteiger partial charge < -0.3 is 14.9 Å². The number of allylic oxidation sites excluding steroid dienone is 1. The topological polar surface area (TPSA) is 102 Å². The number of carbonyl (C=O) groups is 2. The molecular formula is C25H26N2O5. The maximum Gasteiger partial charge on any atom is 0.335 e. The van der Waals surface area contributed by atoms with E-state index in [0.717, 1.165) is 17.5 Å². The predicted molar refractivity (Wildman–Crippen MR) is 120 cm³/mol. The Morgan fingerprint density at radius 1 is 1.12 bits per heavy atom. The molecule has 0 amide bonds. The van der Waals surface area contributed by atoms with Gasteiger partial charge in [0.1, 0.15) is 5.69 Å². The number of nitrogens with zero attached hydrogens (tertiary/aromatic N) is 2. The Balaban J connectivity index is 1.64. The van der Waals surface area contributed by atoms with E-state index in [0.29, 0.717) is 17.8 Å². The molecule has 0 aliphatic rings. The van der Waals surface area contributed by atoms with Gasteiger partial charge in [0.2, 0.25) is 5.78 Å². The standard InChI is InChI=1S/C25H26N2O5/c1-2-18-8-10-21(11-9-18)24(29)22-12-13-26-27(22)14-4-7-19-5-3-6-20(15-19)17-32-23(16-28)25(30)31/h3-13,15,23,28H,2,14,16-17H2,1H3,(H,30,31). The second kappa shape index (κ2) is 11.2. The van der Waals surface area contributed by atoms with Gasteiger partial charge in [-0.2, -0.15) is 5.10 Å². The van der Waals surface area contributed by atoms with Crippen molar-refractivity contribution in [1.29, 1.82) is 0 Å². The third-order valence-electron chi connectivity index (χ3n) is 5.01. The van der Waals surface area contributed by atoms with E-state index in [9.17, 15) is 9.59 Å². The number of aliphatic carboxylic acids is 1. The lowest BCUT2D eigenvalue weighted by Crippen LogP contribution is -2.27. The second-order valence-electron chi connectivity index (χ2n) is 7.25. The zero-order valence-corrected chi connectivity index (χ0v) is 17.8. The van der Waals surface area contributed by atoms with Gasteiger partial charge >= 0.3 is 5.97 Å². The van der Waals surface area contributed by atoms with E-state index in [-0.39, 0.29) is 12.4 Å². The third-order valence-corrected chi connectivity index (χ3v) is 5.01. The maximum atomic E-state index is 12.8. The summed E-state index contributed by atoms with van der Waals surface area (Å²) < 4.78 is 6.88. The first-order valence-electron chi connectivity index (χ1n) is 10.4. The van der Waals surface area contributed by atoms with Crippen LogP contribution in [0.2, 0.25) is 0 Å². The molecule has 0 fully saturated rings. The first-order valence-corrected chi connectivity index (χ1v) is 10.4. The lowest BCUT2D eigenvalue weighted by molar-refractivity contribution is -0.153. The number of aliphatic hydroxyl groups excluding tert-OH is 1. The molecule has 7 heteroatoms. The molecule has 0 spiro atoms. The van der Waals surface area contributed by atoms with Gasteiger partial charge in [0, 0.05) is 11.8 Å². The van der Waals surface area contributed by atoms with Crippen molar-refractivity contribution in [3.63, 3.8) is 0 Å². The number of carbonyl (C=O) groups excluding carboxylic acids is 1. The molecule has 7 nitrogen and oxygen atoms in total. The van der Waals surface area contributed by atoms with E-state index in [4.69, 9.17) is 14.9 Å². The Morgan fingerprint density at radius 2 is 1.91 bits per heavy atom. The van der Waals surface area contributed by atoms with Crippen molar-refractivity contribution in [2.75, 3.05) is 6.61 Å². The third kappa shape index (κ3) is 6.00. The lowest BCUT2D eigenvalue weighted by Gasteiger charge is -2.11. The lowest BCUT2D eigenvalue weighted by atomic mass is 10.0. The molecule has 0 saturated heterocycles. The first-order chi connectivity index (χ1) is 15.5. The zero-order chi connectivity index (χ0) is 22.9. The van der Waals surface area contributed by atoms with Crippen LogP contribution in [0.15, 0.2) is 66.9 Å². The number of carboxylic acids is 1. The van der Waals surface area contributed by atoms with E-state index in [1.54, 1.807) is 16.9 Å². The average Bonchev–Trinajstić information content (AvgIpc) is 3.27. The molecule has 32 heavy (non-hydrogen) atoms. The Hall–Kier alpha value is -3.55. The number of hydrogen-bond acceptors (Lipinski definition) is 5. The van der Waals surface area contributed by atoms with Gasteiger partial charge in [-0.05, 0) is 35.2 Å². The fourth-order valence-electron chi connectivity index (χ4n) is 3.18. The minimum Gasteiger partial charge on any atom is -0.479 e. The summed E-state index contributed by atoms with van der Waals surface area (Å²) in [6, 6.07) is 16.8. The number of rotatable bonds is 11. The highest BCUT2D eigenvalue weighted by Crippen LogP contribution is 2.13. The van der Waals surface area contributed by atoms with Gasteiger partial charge in [0.15, 0.2) is 6.10 Å². The van der Waals surface area contributed by atoms with Crippen LogP contribution in [0.3, 0.4) is 0 Å². The van der Waals surface area contributed by atoms with Crippen molar-refractivity contribution >= 4 is 17.8 Å². The molecule has 0 aliphatic carbocycles. The Morgan fingerprint density at radius 3 is 2.59 bits per heavy atom. The fraction of sp³-hybridized carbons (Fsp3) is 0.240. The van der Waals surface area contributed by atoms with Gasteiger partial charge in [-0.1, -0.05) is 61.5 Å². The molecule has 166 valence electrons. The molecule has 1 unspecified atom stereocenters. The van der Waals surface area contributed by atoms with Crippen LogP contribution >= 0.6 is 0 Å². The molecule has 2 aromatic carbocycles. The molecular weight excluding hydrogens is 408 g/mol. The molecule has 0 saturated carbocycles. The highest BCUT2D eigenvalue weighted by Gasteiger charge is 2.16. The Labute approximate surface area is 186 Å². The summed E-state index contributed by atoms with van der Waals surface area (Å²) in [5, 5.41) is 22.3. The largest absolute Gasteiger partial charge is 0.479 e. The summed E-state index contributed by atoms with van der Waals surface area (Å²) in [7, 11) is 0. The van der Waals surface area contributed by atoms with Gasteiger partial charge in [-0.3, -0.25) is 9.48 Å². The zero-order valence-electron chi connectivity index (χ0n) is 17.8. The summed E-state index contributed by atoms with van der Waals surface area (Å²) in [4.78, 5) is 23.8. The summed E-state index contributed by atoms with van der Waals surface area (Å²) in [6.07, 6.45) is 5.09. The van der Waals surface area contributed by atoms with Crippen LogP contribution in [0, 0.1) is 0 Å². The maximum absolute atomic E-state index is 12.8. The van der Waals surface area contributed by atoms with Crippen LogP contribution in [0.5, 0.6) is 0 Å². The average molecular weight is 434 g/mol. The molecule has 3 aromatic rings. The van der Waals surface area contributed by atoms with Crippen LogP contribution in [0.1, 0.15) is 39.7 Å². The van der Waals surface area contributed by atoms with Crippen LogP contribution in [0.25, 0.3) is 6.08 Å². The SMILES string of the molecule is CCc1ccc(C(=O)c2ccnn2CC=Cc2cccc(COC(CO)C(=O)O)c2)cc1. The van der Waals surface area contributed by atoms with Crippen molar-refractivity contribution in [2.45, 2.75) is 32.6 Å². The number of ether oxygens (including phenoxy) is 1. The van der Waals surface area contributed by atoms with Crippen LogP contribution in [-0.2, 0) is 29.1 Å². The van der Waals surface area contributed by atoms with E-state index in [1.165, 1.54) is 5.56 Å². The van der Waals surface area contributed by atoms with Crippen molar-refractivity contribution < 1.29 is 24.5 Å². The molecule has 0 radical (unpaired) electrons. The van der Waals surface area contributed by atoms with Crippen molar-refractivity contribution in [3.8, 4) is 0 Å². The molecule has 3 rings (SSSR count). The van der Waals surface area contributed by atoms with Crippen LogP contribution in [-0.4, -0.2) is 44.5 Å². The van der Waals surface area contributed by atoms with E-state index < -0.39 is 18.7 Å². The minimum absolute atomic E-state index is 0.0745. The van der Waals surface area contributed by atoms with Crippen molar-refractivity contribution in [2.24, 2.45) is 0 Å². The molecule has 1 aromatic heterocycles. The molecule has 1 atom stereocenters. The molecule has 1 heterocycles. The van der Waals surface area contributed by atoms with Gasteiger partial charge in [0.05, 0.1) is 19.8 Å². The number of aliphatic hydroxyl groups is 1. The summed E-state index contributed by atoms with van der Waals surface area (Å²) in [5.41, 5.74) is 4.02. The first kappa shape index (κ1) is 23.1. The molecule has 0 bridgehead atoms. The number of hydrogen-bond donors (Lipinski definition) is 2. The van der Waals surface area contributed by atoms with Gasteiger partial charge in [-0.15, -0.1) is 0 Å². The highest BCUT2D eigenvalue weighted by molar-refractivity contribution is 6.07. The quantitative estimate of drug-likeness (QED) is 0.449. The van der Waals surface area contributed by atoms with E-state index >= 15 is 0 Å². The van der Waals surface area contributed by atoms with Crippen molar-refractivity contribution in [3.05, 3.63) is 94.8 Å². The molecule has 0 aliphatic heterocycles. The van der Waals surface area contributed by atoms with Crippen LogP contribution in [0.4, 0.5) is 0 Å². The second-order valence-corrected chi connectivity index (χ2v) is 7.25. The summed E-state index contributed by atoms with van der Waals surface area (Å²) in [5.74, 6) is -1.27. The highest BCUT2D eigenvalue weighted by atomic mass is 16.5. The minimum atomic E-state index is -1.25. The number of aryl methyl sites for hydroxylation is 1. The molecule has 2 N–H and O–H groups in total. The van der Waals surface area contributed by atoms with Crippen molar-refractivity contribution in [1.82, 2.24) is 9.78 Å². The summed E-state index contributed by atoms with van der Waals surface area (Å²) in [6.45, 7) is 1.99. The predicted octanol–water partition coefficient (Wildman–Crippen LogP) is 3.35. The number of benzene rings is 2. The number of ketones is 1. The van der Waals surface area contributed by atoms with E-state index in [1.807, 2.05) is 60.7 Å². The van der Waals surface area contributed by atoms with Gasteiger partial charge in [0.25, 0.3) is 0 Å². The Bertz CT molecular complexity index is 1090. The normalized spacial score (nSPS) is 12.2. The summed E-state index contributed by atoms with van der Waals surface area (Å²) >= 11 is 0. The smallest absolute Gasteiger partial charge is 0.335 e. The van der Waals surface area contributed by atoms with E-state index in [2.05, 4.69) is 12.0 Å². The number of aromatic nitrogens is 2. The number of carboxylic acid groups (broad SMARTS) is 1. The fourth-order valence-corrected chi connectivity index (χ4v) is 3.18. The Kier molecular flexibility index (Phi) is 8.08. The monoisotopic (exact) mass is 434 g/mol. The van der Waals surface area contributed by atoms with Crippen LogP contribution < -0.4 is 0 Å². The van der Waals surface area contributed by atoms with Gasteiger partial charge in [-0.25, -0.2) is 4.79 Å².